The molecule has 2 fully saturated rings. The highest BCUT2D eigenvalue weighted by atomic mass is 35.5. The highest BCUT2D eigenvalue weighted by Crippen LogP contribution is 2.61. The largest absolute Gasteiger partial charge is 0.496 e. The zero-order valence-corrected chi connectivity index (χ0v) is 22.5. The Kier molecular flexibility index (Phi) is 6.95. The monoisotopic (exact) mass is 526 g/mol. The maximum Gasteiger partial charge on any atom is 0.302 e. The highest BCUT2D eigenvalue weighted by Gasteiger charge is 2.56. The van der Waals surface area contributed by atoms with Crippen molar-refractivity contribution in [1.82, 2.24) is 0 Å². The molecule has 5 atom stereocenters. The van der Waals surface area contributed by atoms with Crippen LogP contribution in [0.15, 0.2) is 36.4 Å². The van der Waals surface area contributed by atoms with E-state index in [9.17, 15) is 9.59 Å². The van der Waals surface area contributed by atoms with E-state index in [1.165, 1.54) is 18.1 Å². The Morgan fingerprint density at radius 3 is 2.61 bits per heavy atom. The number of aryl methyl sites for hydroxylation is 1. The smallest absolute Gasteiger partial charge is 0.302 e. The number of rotatable bonds is 5. The molecule has 3 aliphatic rings. The number of hydrogen-bond donors (Lipinski definition) is 0. The van der Waals surface area contributed by atoms with Crippen molar-refractivity contribution in [2.75, 3.05) is 7.11 Å². The maximum absolute atomic E-state index is 12.8. The van der Waals surface area contributed by atoms with Gasteiger partial charge in [0.25, 0.3) is 0 Å². The Hall–Kier alpha value is -2.30. The van der Waals surface area contributed by atoms with E-state index in [-0.39, 0.29) is 23.3 Å². The number of methoxy groups -OCH3 is 1. The number of ether oxygens (including phenoxy) is 2. The Morgan fingerprint density at radius 1 is 1.08 bits per heavy atom. The Morgan fingerprint density at radius 2 is 1.89 bits per heavy atom. The first kappa shape index (κ1) is 25.4. The number of allylic oxidation sites excluding steroid dienone is 1. The van der Waals surface area contributed by atoms with Crippen LogP contribution < -0.4 is 4.74 Å². The van der Waals surface area contributed by atoms with Crippen molar-refractivity contribution in [1.29, 1.82) is 0 Å². The Labute approximate surface area is 223 Å². The summed E-state index contributed by atoms with van der Waals surface area (Å²) in [5.74, 6) is 2.04. The van der Waals surface area contributed by atoms with Gasteiger partial charge in [0.15, 0.2) is 5.78 Å². The van der Waals surface area contributed by atoms with Crippen LogP contribution in [0.5, 0.6) is 5.75 Å². The van der Waals surface area contributed by atoms with Gasteiger partial charge in [-0.05, 0) is 110 Å². The van der Waals surface area contributed by atoms with Gasteiger partial charge in [0.1, 0.15) is 11.9 Å². The van der Waals surface area contributed by atoms with Crippen LogP contribution in [0.1, 0.15) is 78.9 Å². The van der Waals surface area contributed by atoms with Gasteiger partial charge in [-0.2, -0.15) is 0 Å². The average molecular weight is 527 g/mol. The second-order valence-electron chi connectivity index (χ2n) is 10.8. The standard InChI is InChI=1S/C30H32Cl2O4/c1-17(33)36-29-11-9-25-22-7-4-18-15-28(35-3)19(14-24(18)21(22)12-13-30(25,29)2)5-10-27(34)23-8-6-20(31)16-26(23)32/h5-6,8,10,14-16,21-22,25,29H,4,7,9,11-13H2,1-3H3/b10-5+/t21-,22+,25-,29-,30-/m0/s1. The third kappa shape index (κ3) is 4.48. The van der Waals surface area contributed by atoms with Gasteiger partial charge in [-0.15, -0.1) is 0 Å². The molecule has 0 N–H and O–H groups in total. The van der Waals surface area contributed by atoms with Crippen molar-refractivity contribution in [3.05, 3.63) is 68.7 Å². The second-order valence-corrected chi connectivity index (χ2v) is 11.6. The van der Waals surface area contributed by atoms with E-state index in [2.05, 4.69) is 19.1 Å². The lowest BCUT2D eigenvalue weighted by atomic mass is 9.55. The third-order valence-electron chi connectivity index (χ3n) is 8.91. The molecule has 0 unspecified atom stereocenters. The molecule has 3 aliphatic carbocycles. The fourth-order valence-corrected chi connectivity index (χ4v) is 7.72. The molecule has 6 heteroatoms. The fraction of sp³-hybridized carbons (Fsp3) is 0.467. The number of carbonyl (C=O) groups is 2. The Balaban J connectivity index is 1.43. The van der Waals surface area contributed by atoms with E-state index in [4.69, 9.17) is 32.7 Å². The molecule has 2 aromatic carbocycles. The molecule has 0 radical (unpaired) electrons. The van der Waals surface area contributed by atoms with Gasteiger partial charge >= 0.3 is 5.97 Å². The van der Waals surface area contributed by atoms with Gasteiger partial charge in [0.05, 0.1) is 12.1 Å². The van der Waals surface area contributed by atoms with Crippen molar-refractivity contribution < 1.29 is 19.1 Å². The zero-order valence-electron chi connectivity index (χ0n) is 21.0. The summed E-state index contributed by atoms with van der Waals surface area (Å²) >= 11 is 12.2. The summed E-state index contributed by atoms with van der Waals surface area (Å²) in [6.07, 6.45) is 9.79. The number of esters is 1. The molecule has 0 aromatic heterocycles. The van der Waals surface area contributed by atoms with Gasteiger partial charge in [0, 0.05) is 28.5 Å². The topological polar surface area (TPSA) is 52.6 Å². The molecule has 0 spiro atoms. The fourth-order valence-electron chi connectivity index (χ4n) is 7.21. The number of benzene rings is 2. The first-order valence-electron chi connectivity index (χ1n) is 12.8. The molecular weight excluding hydrogens is 495 g/mol. The van der Waals surface area contributed by atoms with Crippen molar-refractivity contribution in [3.63, 3.8) is 0 Å². The van der Waals surface area contributed by atoms with Gasteiger partial charge in [-0.3, -0.25) is 9.59 Å². The number of fused-ring (bicyclic) bond motifs is 5. The minimum absolute atomic E-state index is 0.0300. The van der Waals surface area contributed by atoms with Crippen LogP contribution in [-0.2, 0) is 16.0 Å². The van der Waals surface area contributed by atoms with Gasteiger partial charge in [-0.25, -0.2) is 0 Å². The van der Waals surface area contributed by atoms with Crippen LogP contribution in [0, 0.1) is 17.3 Å². The molecule has 36 heavy (non-hydrogen) atoms. The van der Waals surface area contributed by atoms with Gasteiger partial charge < -0.3 is 9.47 Å². The average Bonchev–Trinajstić information content (AvgIpc) is 3.17. The van der Waals surface area contributed by atoms with Crippen LogP contribution >= 0.6 is 23.2 Å². The summed E-state index contributed by atoms with van der Waals surface area (Å²) in [6, 6.07) is 9.26. The van der Waals surface area contributed by atoms with Crippen LogP contribution in [-0.4, -0.2) is 25.0 Å². The Bertz CT molecular complexity index is 1240. The summed E-state index contributed by atoms with van der Waals surface area (Å²) in [5, 5.41) is 0.836. The van der Waals surface area contributed by atoms with E-state index in [1.807, 2.05) is 6.08 Å². The number of carbonyl (C=O) groups excluding carboxylic acids is 2. The van der Waals surface area contributed by atoms with Crippen molar-refractivity contribution in [2.45, 2.75) is 64.4 Å². The lowest BCUT2D eigenvalue weighted by Gasteiger charge is -2.50. The van der Waals surface area contributed by atoms with Crippen molar-refractivity contribution in [3.8, 4) is 5.75 Å². The molecule has 5 rings (SSSR count). The minimum atomic E-state index is -0.176. The minimum Gasteiger partial charge on any atom is -0.496 e. The quantitative estimate of drug-likeness (QED) is 0.227. The van der Waals surface area contributed by atoms with Gasteiger partial charge in [-0.1, -0.05) is 30.1 Å². The zero-order chi connectivity index (χ0) is 25.6. The summed E-state index contributed by atoms with van der Waals surface area (Å²) in [7, 11) is 1.67. The molecule has 4 nitrogen and oxygen atoms in total. The normalized spacial score (nSPS) is 28.8. The van der Waals surface area contributed by atoms with E-state index < -0.39 is 0 Å². The first-order chi connectivity index (χ1) is 17.2. The molecule has 190 valence electrons. The summed E-state index contributed by atoms with van der Waals surface area (Å²) < 4.78 is 11.5. The summed E-state index contributed by atoms with van der Waals surface area (Å²) in [6.45, 7) is 3.85. The second kappa shape index (κ2) is 9.87. The molecule has 0 bridgehead atoms. The number of hydrogen-bond acceptors (Lipinski definition) is 4. The predicted molar refractivity (Wildman–Crippen MR) is 143 cm³/mol. The molecule has 0 saturated heterocycles. The lowest BCUT2D eigenvalue weighted by Crippen LogP contribution is -2.45. The van der Waals surface area contributed by atoms with Crippen LogP contribution in [0.4, 0.5) is 0 Å². The molecule has 2 saturated carbocycles. The van der Waals surface area contributed by atoms with Crippen LogP contribution in [0.2, 0.25) is 10.0 Å². The summed E-state index contributed by atoms with van der Waals surface area (Å²) in [4.78, 5) is 24.6. The van der Waals surface area contributed by atoms with E-state index >= 15 is 0 Å². The van der Waals surface area contributed by atoms with E-state index in [0.717, 1.165) is 49.8 Å². The van der Waals surface area contributed by atoms with Crippen LogP contribution in [0.3, 0.4) is 0 Å². The number of halogens is 2. The summed E-state index contributed by atoms with van der Waals surface area (Å²) in [5.41, 5.74) is 4.10. The molecular formula is C30H32Cl2O4. The maximum atomic E-state index is 12.8. The first-order valence-corrected chi connectivity index (χ1v) is 13.5. The molecule has 0 amide bonds. The van der Waals surface area contributed by atoms with Crippen molar-refractivity contribution >= 4 is 41.0 Å². The van der Waals surface area contributed by atoms with Crippen molar-refractivity contribution in [2.24, 2.45) is 17.3 Å². The van der Waals surface area contributed by atoms with E-state index in [1.54, 1.807) is 31.4 Å². The molecule has 0 aliphatic heterocycles. The number of ketones is 1. The third-order valence-corrected chi connectivity index (χ3v) is 9.46. The SMILES string of the molecule is COc1cc2c(cc1/C=C/C(=O)c1ccc(Cl)cc1Cl)[C@H]1CC[C@]3(C)[C@@H](OC(C)=O)CC[C@H]3[C@@H]1CC2. The van der Waals surface area contributed by atoms with E-state index in [0.29, 0.717) is 33.4 Å². The van der Waals surface area contributed by atoms with Gasteiger partial charge in [0.2, 0.25) is 0 Å². The van der Waals surface area contributed by atoms with Crippen LogP contribution in [0.25, 0.3) is 6.08 Å². The highest BCUT2D eigenvalue weighted by molar-refractivity contribution is 6.37. The molecule has 0 heterocycles. The predicted octanol–water partition coefficient (Wildman–Crippen LogP) is 7.69. The molecule has 2 aromatic rings. The lowest BCUT2D eigenvalue weighted by molar-refractivity contribution is -0.154.